The van der Waals surface area contributed by atoms with Gasteiger partial charge in [-0.05, 0) is 0 Å². The van der Waals surface area contributed by atoms with E-state index in [1.807, 2.05) is 0 Å². The minimum atomic E-state index is 1.18. The van der Waals surface area contributed by atoms with Crippen molar-refractivity contribution in [3.05, 3.63) is 0 Å². The van der Waals surface area contributed by atoms with Gasteiger partial charge in [-0.15, -0.1) is 0 Å². The summed E-state index contributed by atoms with van der Waals surface area (Å²) in [5.74, 6) is 0. The maximum atomic E-state index is 2.22. The second-order valence-corrected chi connectivity index (χ2v) is 2.89. The predicted molar refractivity (Wildman–Crippen MR) is 18.3 cm³/mol. The van der Waals surface area contributed by atoms with Crippen molar-refractivity contribution >= 4 is 0 Å². The van der Waals surface area contributed by atoms with Crippen LogP contribution in [0.2, 0.25) is 0 Å². The van der Waals surface area contributed by atoms with E-state index >= 15 is 0 Å². The Morgan fingerprint density at radius 1 is 1.80 bits per heavy atom. The second-order valence-electron chi connectivity index (χ2n) is 1.01. The molecule has 0 atom stereocenters. The van der Waals surface area contributed by atoms with Gasteiger partial charge in [0.05, 0.1) is 0 Å². The van der Waals surface area contributed by atoms with E-state index < -0.39 is 0 Å². The summed E-state index contributed by atoms with van der Waals surface area (Å²) in [4.78, 5) is 0. The number of rotatable bonds is 1. The average molecular weight is 149 g/mol. The van der Waals surface area contributed by atoms with Gasteiger partial charge in [0.15, 0.2) is 0 Å². The van der Waals surface area contributed by atoms with Crippen molar-refractivity contribution in [2.24, 2.45) is 0 Å². The molecule has 0 aromatic rings. The third-order valence-corrected chi connectivity index (χ3v) is 1.25. The summed E-state index contributed by atoms with van der Waals surface area (Å²) in [6, 6.07) is 0. The van der Waals surface area contributed by atoms with Crippen LogP contribution in [0.5, 0.6) is 0 Å². The fraction of sp³-hybridized carbons (Fsp3) is 1.00. The SMILES string of the molecule is CC[N](C)[Zr+3]. The molecule has 0 saturated heterocycles. The summed E-state index contributed by atoms with van der Waals surface area (Å²) in [7, 11) is 2.10. The molecule has 0 aliphatic carbocycles. The summed E-state index contributed by atoms with van der Waals surface area (Å²) < 4.78 is 2.22. The molecule has 0 rings (SSSR count). The molecule has 0 unspecified atom stereocenters. The van der Waals surface area contributed by atoms with Crippen molar-refractivity contribution in [3.8, 4) is 0 Å². The molecule has 0 fully saturated rings. The molecule has 0 radical (unpaired) electrons. The van der Waals surface area contributed by atoms with Gasteiger partial charge >= 0.3 is 48.4 Å². The topological polar surface area (TPSA) is 3.24 Å². The normalized spacial score (nSPS) is 9.80. The molecule has 2 heteroatoms. The Kier molecular flexibility index (Phi) is 3.56. The molecule has 1 nitrogen and oxygen atoms in total. The van der Waals surface area contributed by atoms with Crippen LogP contribution >= 0.6 is 0 Å². The summed E-state index contributed by atoms with van der Waals surface area (Å²) in [5.41, 5.74) is 0. The Hall–Kier alpha value is 0.843. The Bertz CT molecular complexity index is 20.9. The Labute approximate surface area is 48.6 Å². The molecule has 0 aliphatic rings. The molecule has 0 aliphatic heterocycles. The average Bonchev–Trinajstić information content (AvgIpc) is 1.38. The number of hydrogen-bond donors (Lipinski definition) is 0. The van der Waals surface area contributed by atoms with Crippen LogP contribution in [0.3, 0.4) is 0 Å². The van der Waals surface area contributed by atoms with Gasteiger partial charge in [0.25, 0.3) is 0 Å². The summed E-state index contributed by atoms with van der Waals surface area (Å²) in [5, 5.41) is 0. The Morgan fingerprint density at radius 3 is 2.00 bits per heavy atom. The van der Waals surface area contributed by atoms with Gasteiger partial charge in [0, 0.05) is 0 Å². The molecule has 0 bridgehead atoms. The van der Waals surface area contributed by atoms with E-state index in [0.29, 0.717) is 0 Å². The van der Waals surface area contributed by atoms with Crippen LogP contribution in [-0.4, -0.2) is 16.4 Å². The van der Waals surface area contributed by atoms with E-state index in [4.69, 9.17) is 0 Å². The molecule has 0 aromatic heterocycles. The van der Waals surface area contributed by atoms with E-state index in [2.05, 4.69) is 16.8 Å². The fourth-order valence-corrected chi connectivity index (χ4v) is 0. The zero-order valence-corrected chi connectivity index (χ0v) is 6.11. The quantitative estimate of drug-likeness (QED) is 0.522. The van der Waals surface area contributed by atoms with E-state index in [1.54, 1.807) is 0 Å². The summed E-state index contributed by atoms with van der Waals surface area (Å²) >= 11 is 1.50. The standard InChI is InChI=1S/C3H8N.Zr/c1-3-4-2;/h3H2,1-2H3;/q-1;+4. The van der Waals surface area contributed by atoms with Crippen LogP contribution in [0.1, 0.15) is 6.92 Å². The van der Waals surface area contributed by atoms with Gasteiger partial charge < -0.3 is 0 Å². The predicted octanol–water partition coefficient (Wildman–Crippen LogP) is 0.400. The summed E-state index contributed by atoms with van der Waals surface area (Å²) in [6.45, 7) is 3.33. The van der Waals surface area contributed by atoms with E-state index in [1.165, 1.54) is 31.6 Å². The van der Waals surface area contributed by atoms with Gasteiger partial charge in [-0.25, -0.2) is 0 Å². The Morgan fingerprint density at radius 2 is 2.00 bits per heavy atom. The van der Waals surface area contributed by atoms with Crippen LogP contribution in [0, 0.1) is 0 Å². The monoisotopic (exact) mass is 148 g/mol. The third kappa shape index (κ3) is 4.84. The molecular formula is C3H8NZr+3. The van der Waals surface area contributed by atoms with Gasteiger partial charge in [0.1, 0.15) is 0 Å². The van der Waals surface area contributed by atoms with Crippen molar-refractivity contribution in [3.63, 3.8) is 0 Å². The van der Waals surface area contributed by atoms with Crippen molar-refractivity contribution in [2.45, 2.75) is 6.92 Å². The number of hydrogen-bond acceptors (Lipinski definition) is 1. The molecule has 0 spiro atoms. The molecule has 26 valence electrons. The zero-order chi connectivity index (χ0) is 4.28. The van der Waals surface area contributed by atoms with Gasteiger partial charge in [-0.3, -0.25) is 0 Å². The van der Waals surface area contributed by atoms with Crippen molar-refractivity contribution in [2.75, 3.05) is 13.6 Å². The van der Waals surface area contributed by atoms with E-state index in [-0.39, 0.29) is 0 Å². The second kappa shape index (κ2) is 3.05. The van der Waals surface area contributed by atoms with E-state index in [9.17, 15) is 0 Å². The molecule has 5 heavy (non-hydrogen) atoms. The molecule has 0 heterocycles. The molecule has 0 amide bonds. The maximum absolute atomic E-state index is 2.22. The molecule has 0 N–H and O–H groups in total. The first-order chi connectivity index (χ1) is 2.27. The van der Waals surface area contributed by atoms with Gasteiger partial charge in [0.2, 0.25) is 0 Å². The molecule has 0 aromatic carbocycles. The fourth-order valence-electron chi connectivity index (χ4n) is 0. The molecular weight excluding hydrogens is 141 g/mol. The first-order valence-corrected chi connectivity index (χ1v) is 2.79. The van der Waals surface area contributed by atoms with Crippen LogP contribution < -0.4 is 0 Å². The van der Waals surface area contributed by atoms with Gasteiger partial charge in [-0.2, -0.15) is 0 Å². The van der Waals surface area contributed by atoms with Crippen LogP contribution in [0.15, 0.2) is 0 Å². The number of nitrogens with zero attached hydrogens (tertiary/aromatic N) is 1. The van der Waals surface area contributed by atoms with Crippen LogP contribution in [-0.2, 0) is 25.0 Å². The Balaban J connectivity index is 2.54. The van der Waals surface area contributed by atoms with Crippen LogP contribution in [0.25, 0.3) is 0 Å². The first kappa shape index (κ1) is 5.84. The zero-order valence-electron chi connectivity index (χ0n) is 3.65. The molecule has 0 saturated carbocycles. The van der Waals surface area contributed by atoms with Crippen molar-refractivity contribution < 1.29 is 25.0 Å². The van der Waals surface area contributed by atoms with Crippen molar-refractivity contribution in [1.82, 2.24) is 2.84 Å². The van der Waals surface area contributed by atoms with Gasteiger partial charge in [-0.1, -0.05) is 0 Å². The minimum absolute atomic E-state index is 1.18. The van der Waals surface area contributed by atoms with E-state index in [0.717, 1.165) is 0 Å². The van der Waals surface area contributed by atoms with Crippen molar-refractivity contribution in [1.29, 1.82) is 0 Å². The first-order valence-electron chi connectivity index (χ1n) is 1.69. The van der Waals surface area contributed by atoms with Crippen LogP contribution in [0.4, 0.5) is 0 Å². The third-order valence-electron chi connectivity index (χ3n) is 0.474. The summed E-state index contributed by atoms with van der Waals surface area (Å²) in [6.07, 6.45) is 0.